The highest BCUT2D eigenvalue weighted by Crippen LogP contribution is 1.98. The highest BCUT2D eigenvalue weighted by atomic mass is 16.4. The summed E-state index contributed by atoms with van der Waals surface area (Å²) in [5.74, 6) is 1.01. The number of nitrogens with zero attached hydrogens (tertiary/aromatic N) is 1. The van der Waals surface area contributed by atoms with E-state index in [-0.39, 0.29) is 25.3 Å². The van der Waals surface area contributed by atoms with Crippen LogP contribution in [0.25, 0.3) is 0 Å². The van der Waals surface area contributed by atoms with Gasteiger partial charge in [-0.2, -0.15) is 0 Å². The zero-order valence-electron chi connectivity index (χ0n) is 8.06. The van der Waals surface area contributed by atoms with Crippen LogP contribution in [0.2, 0.25) is 0 Å². The van der Waals surface area contributed by atoms with Gasteiger partial charge < -0.3 is 15.7 Å². The first-order valence-electron chi connectivity index (χ1n) is 4.14. The van der Waals surface area contributed by atoms with Gasteiger partial charge in [0.2, 0.25) is 5.91 Å². The molecule has 0 heterocycles. The Morgan fingerprint density at radius 1 is 1.64 bits per heavy atom. The number of nitrogens with two attached hydrogens (primary N) is 1. The molecule has 0 aliphatic carbocycles. The average Bonchev–Trinajstić information content (AvgIpc) is 2.13. The molecule has 1 unspecified atom stereocenters. The van der Waals surface area contributed by atoms with Gasteiger partial charge in [0.05, 0.1) is 12.6 Å². The van der Waals surface area contributed by atoms with Crippen molar-refractivity contribution in [1.82, 2.24) is 4.90 Å². The molecule has 0 aromatic rings. The lowest BCUT2D eigenvalue weighted by atomic mass is 10.1. The third-order valence-electron chi connectivity index (χ3n) is 1.69. The number of hydrogen-bond acceptors (Lipinski definition) is 3. The number of carbonyl (C=O) groups excluding carboxylic acids is 1. The SMILES string of the molecule is C#CCN(C)C(=O)C(N)CCC(=O)O. The van der Waals surface area contributed by atoms with Gasteiger partial charge in [0.15, 0.2) is 0 Å². The van der Waals surface area contributed by atoms with Gasteiger partial charge >= 0.3 is 5.97 Å². The van der Waals surface area contributed by atoms with E-state index < -0.39 is 12.0 Å². The zero-order valence-corrected chi connectivity index (χ0v) is 8.06. The van der Waals surface area contributed by atoms with Gasteiger partial charge in [-0.05, 0) is 6.42 Å². The molecule has 0 saturated carbocycles. The summed E-state index contributed by atoms with van der Waals surface area (Å²) in [4.78, 5) is 22.9. The maximum absolute atomic E-state index is 11.4. The largest absolute Gasteiger partial charge is 0.481 e. The molecular formula is C9H14N2O3. The first-order valence-corrected chi connectivity index (χ1v) is 4.14. The van der Waals surface area contributed by atoms with E-state index >= 15 is 0 Å². The van der Waals surface area contributed by atoms with Gasteiger partial charge in [0.1, 0.15) is 0 Å². The monoisotopic (exact) mass is 198 g/mol. The molecule has 0 rings (SSSR count). The number of rotatable bonds is 5. The number of hydrogen-bond donors (Lipinski definition) is 2. The Morgan fingerprint density at radius 2 is 2.21 bits per heavy atom. The van der Waals surface area contributed by atoms with Crippen LogP contribution in [0.5, 0.6) is 0 Å². The molecule has 0 saturated heterocycles. The van der Waals surface area contributed by atoms with E-state index in [0.29, 0.717) is 0 Å². The Hall–Kier alpha value is -1.54. The molecule has 14 heavy (non-hydrogen) atoms. The summed E-state index contributed by atoms with van der Waals surface area (Å²) in [5, 5.41) is 8.37. The fraction of sp³-hybridized carbons (Fsp3) is 0.556. The standard InChI is InChI=1S/C9H14N2O3/c1-3-6-11(2)9(14)7(10)4-5-8(12)13/h1,7H,4-6,10H2,2H3,(H,12,13). The molecule has 0 fully saturated rings. The van der Waals surface area contributed by atoms with Gasteiger partial charge in [-0.3, -0.25) is 9.59 Å². The van der Waals surface area contributed by atoms with Crippen LogP contribution in [0.15, 0.2) is 0 Å². The summed E-state index contributed by atoms with van der Waals surface area (Å²) >= 11 is 0. The summed E-state index contributed by atoms with van der Waals surface area (Å²) in [6.45, 7) is 0.180. The Balaban J connectivity index is 3.99. The number of likely N-dealkylation sites (N-methyl/N-ethyl adjacent to an activating group) is 1. The van der Waals surface area contributed by atoms with Gasteiger partial charge in [-0.15, -0.1) is 6.42 Å². The number of carboxylic acid groups (broad SMARTS) is 1. The van der Waals surface area contributed by atoms with E-state index in [1.807, 2.05) is 0 Å². The van der Waals surface area contributed by atoms with Crippen molar-refractivity contribution in [2.45, 2.75) is 18.9 Å². The molecule has 0 aromatic carbocycles. The molecule has 0 bridgehead atoms. The van der Waals surface area contributed by atoms with Crippen LogP contribution in [0.1, 0.15) is 12.8 Å². The highest BCUT2D eigenvalue weighted by molar-refractivity contribution is 5.82. The quantitative estimate of drug-likeness (QED) is 0.570. The maximum atomic E-state index is 11.4. The Labute approximate surface area is 82.9 Å². The van der Waals surface area contributed by atoms with E-state index in [1.165, 1.54) is 11.9 Å². The molecule has 5 heteroatoms. The van der Waals surface area contributed by atoms with Crippen LogP contribution in [0, 0.1) is 12.3 Å². The Morgan fingerprint density at radius 3 is 2.64 bits per heavy atom. The second-order valence-corrected chi connectivity index (χ2v) is 2.94. The lowest BCUT2D eigenvalue weighted by Crippen LogP contribution is -2.42. The minimum Gasteiger partial charge on any atom is -0.481 e. The number of terminal acetylenes is 1. The number of carboxylic acids is 1. The smallest absolute Gasteiger partial charge is 0.303 e. The van der Waals surface area contributed by atoms with Crippen LogP contribution >= 0.6 is 0 Å². The first-order chi connectivity index (χ1) is 6.49. The molecule has 78 valence electrons. The van der Waals surface area contributed by atoms with Gasteiger partial charge in [0, 0.05) is 13.5 Å². The molecule has 0 aromatic heterocycles. The van der Waals surface area contributed by atoms with E-state index in [2.05, 4.69) is 5.92 Å². The summed E-state index contributed by atoms with van der Waals surface area (Å²) in [6.07, 6.45) is 5.02. The summed E-state index contributed by atoms with van der Waals surface area (Å²) < 4.78 is 0. The zero-order chi connectivity index (χ0) is 11.1. The molecular weight excluding hydrogens is 184 g/mol. The topological polar surface area (TPSA) is 83.6 Å². The molecule has 0 spiro atoms. The van der Waals surface area contributed by atoms with E-state index in [4.69, 9.17) is 17.3 Å². The van der Waals surface area contributed by atoms with Crippen molar-refractivity contribution in [2.75, 3.05) is 13.6 Å². The average molecular weight is 198 g/mol. The van der Waals surface area contributed by atoms with Crippen molar-refractivity contribution >= 4 is 11.9 Å². The Kier molecular flexibility index (Phi) is 5.34. The van der Waals surface area contributed by atoms with Crippen molar-refractivity contribution in [3.05, 3.63) is 0 Å². The summed E-state index contributed by atoms with van der Waals surface area (Å²) in [6, 6.07) is -0.788. The van der Waals surface area contributed by atoms with Crippen molar-refractivity contribution in [2.24, 2.45) is 5.73 Å². The minimum absolute atomic E-state index is 0.114. The fourth-order valence-corrected chi connectivity index (χ4v) is 0.900. The predicted octanol–water partition coefficient (Wildman–Crippen LogP) is -0.730. The van der Waals surface area contributed by atoms with Crippen LogP contribution in [0.3, 0.4) is 0 Å². The Bertz CT molecular complexity index is 257. The third-order valence-corrected chi connectivity index (χ3v) is 1.69. The summed E-state index contributed by atoms with van der Waals surface area (Å²) in [7, 11) is 1.53. The molecule has 0 aliphatic rings. The molecule has 0 radical (unpaired) electrons. The third kappa shape index (κ3) is 4.48. The second kappa shape index (κ2) is 6.00. The molecule has 0 aliphatic heterocycles. The molecule has 5 nitrogen and oxygen atoms in total. The van der Waals surface area contributed by atoms with Crippen molar-refractivity contribution < 1.29 is 14.7 Å². The minimum atomic E-state index is -0.965. The van der Waals surface area contributed by atoms with Gasteiger partial charge in [-0.25, -0.2) is 0 Å². The van der Waals surface area contributed by atoms with E-state index in [1.54, 1.807) is 0 Å². The van der Waals surface area contributed by atoms with E-state index in [9.17, 15) is 9.59 Å². The van der Waals surface area contributed by atoms with Crippen molar-refractivity contribution in [1.29, 1.82) is 0 Å². The van der Waals surface area contributed by atoms with Crippen LogP contribution in [-0.2, 0) is 9.59 Å². The van der Waals surface area contributed by atoms with Gasteiger partial charge in [-0.1, -0.05) is 5.92 Å². The number of aliphatic carboxylic acids is 1. The molecule has 1 atom stereocenters. The lowest BCUT2D eigenvalue weighted by Gasteiger charge is -2.18. The van der Waals surface area contributed by atoms with Crippen LogP contribution in [-0.4, -0.2) is 41.5 Å². The molecule has 1 amide bonds. The maximum Gasteiger partial charge on any atom is 0.303 e. The summed E-state index contributed by atoms with van der Waals surface area (Å²) in [5.41, 5.74) is 5.47. The second-order valence-electron chi connectivity index (χ2n) is 2.94. The normalized spacial score (nSPS) is 11.5. The predicted molar refractivity (Wildman–Crippen MR) is 51.3 cm³/mol. The molecule has 3 N–H and O–H groups in total. The van der Waals surface area contributed by atoms with E-state index in [0.717, 1.165) is 0 Å². The lowest BCUT2D eigenvalue weighted by molar-refractivity contribution is -0.137. The van der Waals surface area contributed by atoms with Crippen LogP contribution in [0.4, 0.5) is 0 Å². The van der Waals surface area contributed by atoms with Gasteiger partial charge in [0.25, 0.3) is 0 Å². The number of carbonyl (C=O) groups is 2. The highest BCUT2D eigenvalue weighted by Gasteiger charge is 2.17. The van der Waals surface area contributed by atoms with Crippen LogP contribution < -0.4 is 5.73 Å². The first kappa shape index (κ1) is 12.5. The number of amides is 1. The van der Waals surface area contributed by atoms with Crippen molar-refractivity contribution in [3.63, 3.8) is 0 Å². The fourth-order valence-electron chi connectivity index (χ4n) is 0.900. The van der Waals surface area contributed by atoms with Crippen molar-refractivity contribution in [3.8, 4) is 12.3 Å².